The molecule has 0 aliphatic heterocycles. The minimum Gasteiger partial charge on any atom is -0.299 e. The Bertz CT molecular complexity index is 579. The van der Waals surface area contributed by atoms with Crippen molar-refractivity contribution in [2.75, 3.05) is 0 Å². The smallest absolute Gasteiger partial charge is 0.136 e. The molecule has 0 aromatic rings. The second-order valence-electron chi connectivity index (χ2n) is 12.4. The molecule has 0 spiro atoms. The van der Waals surface area contributed by atoms with Crippen LogP contribution in [0.25, 0.3) is 0 Å². The molecule has 0 heterocycles. The van der Waals surface area contributed by atoms with Crippen LogP contribution in [0.3, 0.4) is 0 Å². The van der Waals surface area contributed by atoms with Crippen LogP contribution in [0.4, 0.5) is 0 Å². The van der Waals surface area contributed by atoms with Crippen molar-refractivity contribution in [3.63, 3.8) is 0 Å². The first-order valence-electron chi connectivity index (χ1n) is 12.8. The van der Waals surface area contributed by atoms with E-state index in [4.69, 9.17) is 0 Å². The molecule has 28 heavy (non-hydrogen) atoms. The molecular weight excluding hydrogens is 340 g/mol. The maximum Gasteiger partial charge on any atom is 0.136 e. The van der Waals surface area contributed by atoms with Gasteiger partial charge in [-0.2, -0.15) is 0 Å². The Morgan fingerprint density at radius 2 is 1.64 bits per heavy atom. The van der Waals surface area contributed by atoms with Crippen molar-refractivity contribution < 1.29 is 4.79 Å². The van der Waals surface area contributed by atoms with Crippen molar-refractivity contribution in [2.45, 2.75) is 112 Å². The second-order valence-corrected chi connectivity index (χ2v) is 12.4. The molecule has 4 rings (SSSR count). The van der Waals surface area contributed by atoms with Crippen molar-refractivity contribution >= 4 is 5.78 Å². The molecule has 4 aliphatic carbocycles. The molecule has 0 aromatic carbocycles. The molecule has 4 aliphatic rings. The third-order valence-electron chi connectivity index (χ3n) is 10.6. The van der Waals surface area contributed by atoms with Crippen molar-refractivity contribution in [1.29, 1.82) is 0 Å². The fourth-order valence-corrected chi connectivity index (χ4v) is 8.99. The number of fused-ring (bicyclic) bond motifs is 5. The van der Waals surface area contributed by atoms with Gasteiger partial charge in [-0.05, 0) is 84.9 Å². The van der Waals surface area contributed by atoms with Crippen LogP contribution >= 0.6 is 0 Å². The van der Waals surface area contributed by atoms with E-state index < -0.39 is 0 Å². The van der Waals surface area contributed by atoms with E-state index in [0.29, 0.717) is 40.3 Å². The summed E-state index contributed by atoms with van der Waals surface area (Å²) in [6.07, 6.45) is 16.0. The third-order valence-corrected chi connectivity index (χ3v) is 10.6. The van der Waals surface area contributed by atoms with Gasteiger partial charge < -0.3 is 0 Å². The summed E-state index contributed by atoms with van der Waals surface area (Å²) in [5.74, 6) is 5.70. The van der Waals surface area contributed by atoms with Gasteiger partial charge in [0.25, 0.3) is 0 Å². The fourth-order valence-electron chi connectivity index (χ4n) is 8.99. The van der Waals surface area contributed by atoms with Gasteiger partial charge in [0.15, 0.2) is 0 Å². The van der Waals surface area contributed by atoms with E-state index in [2.05, 4.69) is 34.6 Å². The molecule has 0 saturated heterocycles. The number of carbonyl (C=O) groups is 1. The first-order valence-corrected chi connectivity index (χ1v) is 12.8. The highest BCUT2D eigenvalue weighted by atomic mass is 16.1. The monoisotopic (exact) mass is 386 g/mol. The molecular formula is C27H46O. The van der Waals surface area contributed by atoms with Gasteiger partial charge in [-0.1, -0.05) is 66.7 Å². The average Bonchev–Trinajstić information content (AvgIpc) is 2.99. The summed E-state index contributed by atoms with van der Waals surface area (Å²) in [6.45, 7) is 12.4. The van der Waals surface area contributed by atoms with Crippen molar-refractivity contribution in [2.24, 2.45) is 52.3 Å². The summed E-state index contributed by atoms with van der Waals surface area (Å²) < 4.78 is 0. The maximum absolute atomic E-state index is 13.4. The van der Waals surface area contributed by atoms with Crippen LogP contribution in [0.15, 0.2) is 0 Å². The van der Waals surface area contributed by atoms with Crippen LogP contribution in [-0.4, -0.2) is 5.78 Å². The largest absolute Gasteiger partial charge is 0.299 e. The summed E-state index contributed by atoms with van der Waals surface area (Å²) >= 11 is 0. The lowest BCUT2D eigenvalue weighted by atomic mass is 9.44. The summed E-state index contributed by atoms with van der Waals surface area (Å²) in [5, 5.41) is 0. The molecule has 8 atom stereocenters. The SMILES string of the molecule is CC(C)CCC[C@@H](C)[C@H]1CC[C@H]2[C@@H]3C(=O)C[C@H]4CCCC[C@]4(C)[C@H]3CC[C@]12C. The minimum atomic E-state index is 0.408. The zero-order valence-corrected chi connectivity index (χ0v) is 19.4. The average molecular weight is 387 g/mol. The maximum atomic E-state index is 13.4. The Kier molecular flexibility index (Phi) is 5.78. The van der Waals surface area contributed by atoms with Crippen LogP contribution in [0, 0.1) is 52.3 Å². The summed E-state index contributed by atoms with van der Waals surface area (Å²) in [6, 6.07) is 0. The van der Waals surface area contributed by atoms with E-state index in [1.54, 1.807) is 0 Å². The third kappa shape index (κ3) is 3.31. The number of Topliss-reactive ketones (excluding diaryl/α,β-unsaturated/α-hetero) is 1. The van der Waals surface area contributed by atoms with Crippen molar-refractivity contribution in [1.82, 2.24) is 0 Å². The summed E-state index contributed by atoms with van der Waals surface area (Å²) in [5.41, 5.74) is 0.908. The highest BCUT2D eigenvalue weighted by Crippen LogP contribution is 2.67. The number of hydrogen-bond donors (Lipinski definition) is 0. The van der Waals surface area contributed by atoms with E-state index in [-0.39, 0.29) is 0 Å². The van der Waals surface area contributed by atoms with E-state index in [9.17, 15) is 4.79 Å². The number of ketones is 1. The van der Waals surface area contributed by atoms with E-state index >= 15 is 0 Å². The van der Waals surface area contributed by atoms with Crippen LogP contribution < -0.4 is 0 Å². The number of carbonyl (C=O) groups excluding carboxylic acids is 1. The first kappa shape index (κ1) is 20.9. The van der Waals surface area contributed by atoms with Crippen LogP contribution in [0.2, 0.25) is 0 Å². The topological polar surface area (TPSA) is 17.1 Å². The molecule has 0 aromatic heterocycles. The van der Waals surface area contributed by atoms with Gasteiger partial charge in [-0.3, -0.25) is 4.79 Å². The Balaban J connectivity index is 1.51. The fraction of sp³-hybridized carbons (Fsp3) is 0.963. The highest BCUT2D eigenvalue weighted by Gasteiger charge is 2.62. The molecule has 0 N–H and O–H groups in total. The zero-order valence-electron chi connectivity index (χ0n) is 19.4. The normalized spacial score (nSPS) is 46.8. The molecule has 4 fully saturated rings. The first-order chi connectivity index (χ1) is 13.3. The Morgan fingerprint density at radius 1 is 0.893 bits per heavy atom. The van der Waals surface area contributed by atoms with Gasteiger partial charge in [0.1, 0.15) is 5.78 Å². The van der Waals surface area contributed by atoms with E-state index in [1.165, 1.54) is 70.6 Å². The predicted octanol–water partition coefficient (Wildman–Crippen LogP) is 7.68. The van der Waals surface area contributed by atoms with Crippen LogP contribution in [0.5, 0.6) is 0 Å². The molecule has 0 bridgehead atoms. The molecule has 4 saturated carbocycles. The number of rotatable bonds is 5. The number of hydrogen-bond acceptors (Lipinski definition) is 1. The van der Waals surface area contributed by atoms with Gasteiger partial charge in [0.05, 0.1) is 0 Å². The van der Waals surface area contributed by atoms with E-state index in [1.807, 2.05) is 0 Å². The second kappa shape index (κ2) is 7.73. The molecule has 0 radical (unpaired) electrons. The molecule has 160 valence electrons. The quantitative estimate of drug-likeness (QED) is 0.473. The van der Waals surface area contributed by atoms with Gasteiger partial charge >= 0.3 is 0 Å². The van der Waals surface area contributed by atoms with Crippen LogP contribution in [-0.2, 0) is 4.79 Å². The van der Waals surface area contributed by atoms with Gasteiger partial charge in [0, 0.05) is 12.3 Å². The highest BCUT2D eigenvalue weighted by molar-refractivity contribution is 5.83. The zero-order chi connectivity index (χ0) is 20.1. The molecule has 1 nitrogen and oxygen atoms in total. The van der Waals surface area contributed by atoms with Gasteiger partial charge in [-0.15, -0.1) is 0 Å². The minimum absolute atomic E-state index is 0.408. The predicted molar refractivity (Wildman–Crippen MR) is 118 cm³/mol. The standard InChI is InChI=1S/C27H46O/c1-18(2)9-8-10-19(3)21-12-13-22-25-23(14-16-27(21,22)5)26(4)15-7-6-11-20(26)17-24(25)28/h18-23,25H,6-17H2,1-5H3/t19-,20-,21-,22+,23+,25+,26+,27-/m1/s1. The van der Waals surface area contributed by atoms with Crippen molar-refractivity contribution in [3.05, 3.63) is 0 Å². The molecule has 1 heteroatoms. The van der Waals surface area contributed by atoms with Gasteiger partial charge in [0.2, 0.25) is 0 Å². The lowest BCUT2D eigenvalue weighted by Crippen LogP contribution is -2.56. The summed E-state index contributed by atoms with van der Waals surface area (Å²) in [7, 11) is 0. The lowest BCUT2D eigenvalue weighted by Gasteiger charge is -2.60. The summed E-state index contributed by atoms with van der Waals surface area (Å²) in [4.78, 5) is 13.4. The van der Waals surface area contributed by atoms with Crippen molar-refractivity contribution in [3.8, 4) is 0 Å². The molecule has 0 unspecified atom stereocenters. The molecule has 0 amide bonds. The lowest BCUT2D eigenvalue weighted by molar-refractivity contribution is -0.156. The Labute approximate surface area is 174 Å². The van der Waals surface area contributed by atoms with Gasteiger partial charge in [-0.25, -0.2) is 0 Å². The Hall–Kier alpha value is -0.330. The van der Waals surface area contributed by atoms with Crippen LogP contribution in [0.1, 0.15) is 112 Å². The van der Waals surface area contributed by atoms with E-state index in [0.717, 1.165) is 24.2 Å². The Morgan fingerprint density at radius 3 is 2.39 bits per heavy atom.